The normalized spacial score (nSPS) is 29.7. The lowest BCUT2D eigenvalue weighted by Gasteiger charge is -2.38. The molecule has 1 saturated heterocycles. The Balaban J connectivity index is 1.88. The lowest BCUT2D eigenvalue weighted by Crippen LogP contribution is -2.48. The van der Waals surface area contributed by atoms with Crippen molar-refractivity contribution in [2.24, 2.45) is 17.6 Å². The standard InChI is InChI=1S/C12H22N2O/c1-9(13)11-6-3-7-14(8-11)12(15)10-4-2-5-10/h9-11H,2-8,13H2,1H3. The van der Waals surface area contributed by atoms with Crippen molar-refractivity contribution in [1.29, 1.82) is 0 Å². The highest BCUT2D eigenvalue weighted by atomic mass is 16.2. The SMILES string of the molecule is CC(N)C1CCCN(C(=O)C2CCC2)C1. The summed E-state index contributed by atoms with van der Waals surface area (Å²) in [4.78, 5) is 14.1. The lowest BCUT2D eigenvalue weighted by molar-refractivity contribution is -0.140. The molecule has 3 nitrogen and oxygen atoms in total. The van der Waals surface area contributed by atoms with E-state index in [4.69, 9.17) is 5.73 Å². The van der Waals surface area contributed by atoms with Crippen LogP contribution in [0.4, 0.5) is 0 Å². The van der Waals surface area contributed by atoms with Crippen molar-refractivity contribution < 1.29 is 4.79 Å². The number of likely N-dealkylation sites (tertiary alicyclic amines) is 1. The summed E-state index contributed by atoms with van der Waals surface area (Å²) in [5, 5.41) is 0. The van der Waals surface area contributed by atoms with Gasteiger partial charge in [-0.1, -0.05) is 6.42 Å². The van der Waals surface area contributed by atoms with Gasteiger partial charge in [0, 0.05) is 25.0 Å². The Hall–Kier alpha value is -0.570. The van der Waals surface area contributed by atoms with Crippen molar-refractivity contribution in [3.8, 4) is 0 Å². The molecule has 0 aromatic rings. The summed E-state index contributed by atoms with van der Waals surface area (Å²) < 4.78 is 0. The zero-order valence-corrected chi connectivity index (χ0v) is 9.61. The number of piperidine rings is 1. The number of amides is 1. The molecule has 1 amide bonds. The van der Waals surface area contributed by atoms with Gasteiger partial charge >= 0.3 is 0 Å². The largest absolute Gasteiger partial charge is 0.342 e. The van der Waals surface area contributed by atoms with E-state index in [1.807, 2.05) is 0 Å². The van der Waals surface area contributed by atoms with E-state index in [0.29, 0.717) is 17.7 Å². The zero-order valence-electron chi connectivity index (χ0n) is 9.61. The Morgan fingerprint density at radius 1 is 1.33 bits per heavy atom. The summed E-state index contributed by atoms with van der Waals surface area (Å²) in [6.07, 6.45) is 5.77. The number of nitrogens with two attached hydrogens (primary N) is 1. The minimum absolute atomic E-state index is 0.224. The Morgan fingerprint density at radius 3 is 2.60 bits per heavy atom. The summed E-state index contributed by atoms with van der Waals surface area (Å²) in [6.45, 7) is 3.91. The first-order valence-electron chi connectivity index (χ1n) is 6.23. The maximum atomic E-state index is 12.0. The highest BCUT2D eigenvalue weighted by Gasteiger charge is 2.32. The molecule has 3 heteroatoms. The van der Waals surface area contributed by atoms with Gasteiger partial charge < -0.3 is 10.6 Å². The molecule has 2 unspecified atom stereocenters. The second-order valence-corrected chi connectivity index (χ2v) is 5.17. The van der Waals surface area contributed by atoms with Crippen LogP contribution in [-0.2, 0) is 4.79 Å². The first-order valence-corrected chi connectivity index (χ1v) is 6.23. The summed E-state index contributed by atoms with van der Waals surface area (Å²) in [6, 6.07) is 0.224. The number of rotatable bonds is 2. The number of carbonyl (C=O) groups excluding carboxylic acids is 1. The number of hydrogen-bond acceptors (Lipinski definition) is 2. The molecule has 1 aliphatic carbocycles. The van der Waals surface area contributed by atoms with Crippen molar-refractivity contribution in [2.75, 3.05) is 13.1 Å². The van der Waals surface area contributed by atoms with Crippen LogP contribution in [0.1, 0.15) is 39.0 Å². The van der Waals surface area contributed by atoms with Crippen LogP contribution in [0, 0.1) is 11.8 Å². The molecule has 2 aliphatic rings. The minimum atomic E-state index is 0.224. The Bertz CT molecular complexity index is 236. The molecule has 2 rings (SSSR count). The first kappa shape index (κ1) is 10.9. The third-order valence-corrected chi connectivity index (χ3v) is 3.97. The molecule has 0 aromatic carbocycles. The van der Waals surface area contributed by atoms with E-state index in [1.165, 1.54) is 12.8 Å². The maximum Gasteiger partial charge on any atom is 0.225 e. The summed E-state index contributed by atoms with van der Waals surface area (Å²) >= 11 is 0. The fourth-order valence-corrected chi connectivity index (χ4v) is 2.55. The van der Waals surface area contributed by atoms with Crippen molar-refractivity contribution in [3.63, 3.8) is 0 Å². The van der Waals surface area contributed by atoms with Crippen molar-refractivity contribution in [1.82, 2.24) is 4.90 Å². The summed E-state index contributed by atoms with van der Waals surface area (Å²) in [5.74, 6) is 1.26. The van der Waals surface area contributed by atoms with Crippen LogP contribution in [0.2, 0.25) is 0 Å². The average Bonchev–Trinajstić information content (AvgIpc) is 2.15. The van der Waals surface area contributed by atoms with E-state index in [0.717, 1.165) is 32.4 Å². The van der Waals surface area contributed by atoms with Gasteiger partial charge in [-0.05, 0) is 38.5 Å². The fourth-order valence-electron chi connectivity index (χ4n) is 2.55. The molecule has 86 valence electrons. The van der Waals surface area contributed by atoms with E-state index >= 15 is 0 Å². The molecule has 0 spiro atoms. The van der Waals surface area contributed by atoms with Gasteiger partial charge in [-0.25, -0.2) is 0 Å². The van der Waals surface area contributed by atoms with Gasteiger partial charge in [0.1, 0.15) is 0 Å². The number of nitrogens with zero attached hydrogens (tertiary/aromatic N) is 1. The monoisotopic (exact) mass is 210 g/mol. The van der Waals surface area contributed by atoms with Crippen LogP contribution < -0.4 is 5.73 Å². The van der Waals surface area contributed by atoms with Crippen LogP contribution in [0.15, 0.2) is 0 Å². The van der Waals surface area contributed by atoms with Crippen LogP contribution in [0.5, 0.6) is 0 Å². The third-order valence-electron chi connectivity index (χ3n) is 3.97. The molecule has 2 atom stereocenters. The maximum absolute atomic E-state index is 12.0. The lowest BCUT2D eigenvalue weighted by atomic mass is 9.83. The van der Waals surface area contributed by atoms with E-state index < -0.39 is 0 Å². The number of hydrogen-bond donors (Lipinski definition) is 1. The van der Waals surface area contributed by atoms with Crippen LogP contribution in [0.3, 0.4) is 0 Å². The first-order chi connectivity index (χ1) is 7.18. The van der Waals surface area contributed by atoms with Crippen molar-refractivity contribution in [2.45, 2.75) is 45.1 Å². The number of carbonyl (C=O) groups is 1. The Kier molecular flexibility index (Phi) is 3.29. The smallest absolute Gasteiger partial charge is 0.225 e. The predicted octanol–water partition coefficient (Wildman–Crippen LogP) is 1.37. The minimum Gasteiger partial charge on any atom is -0.342 e. The predicted molar refractivity (Wildman–Crippen MR) is 60.3 cm³/mol. The molecular weight excluding hydrogens is 188 g/mol. The van der Waals surface area contributed by atoms with Gasteiger partial charge in [0.15, 0.2) is 0 Å². The van der Waals surface area contributed by atoms with Crippen LogP contribution in [-0.4, -0.2) is 29.9 Å². The van der Waals surface area contributed by atoms with Gasteiger partial charge in [-0.3, -0.25) is 4.79 Å². The van der Waals surface area contributed by atoms with Gasteiger partial charge in [0.25, 0.3) is 0 Å². The zero-order chi connectivity index (χ0) is 10.8. The van der Waals surface area contributed by atoms with Gasteiger partial charge in [-0.2, -0.15) is 0 Å². The van der Waals surface area contributed by atoms with E-state index in [1.54, 1.807) is 0 Å². The molecule has 1 saturated carbocycles. The molecule has 2 fully saturated rings. The van der Waals surface area contributed by atoms with Gasteiger partial charge in [0.2, 0.25) is 5.91 Å². The summed E-state index contributed by atoms with van der Waals surface area (Å²) in [5.41, 5.74) is 5.91. The van der Waals surface area contributed by atoms with Crippen molar-refractivity contribution in [3.05, 3.63) is 0 Å². The second kappa shape index (κ2) is 4.52. The topological polar surface area (TPSA) is 46.3 Å². The molecule has 0 bridgehead atoms. The molecule has 1 aliphatic heterocycles. The highest BCUT2D eigenvalue weighted by molar-refractivity contribution is 5.79. The molecule has 1 heterocycles. The van der Waals surface area contributed by atoms with Gasteiger partial charge in [0.05, 0.1) is 0 Å². The fraction of sp³-hybridized carbons (Fsp3) is 0.917. The Morgan fingerprint density at radius 2 is 2.07 bits per heavy atom. The summed E-state index contributed by atoms with van der Waals surface area (Å²) in [7, 11) is 0. The van der Waals surface area contributed by atoms with E-state index in [-0.39, 0.29) is 6.04 Å². The quantitative estimate of drug-likeness (QED) is 0.748. The van der Waals surface area contributed by atoms with Crippen LogP contribution >= 0.6 is 0 Å². The molecule has 2 N–H and O–H groups in total. The molecule has 0 radical (unpaired) electrons. The van der Waals surface area contributed by atoms with Crippen LogP contribution in [0.25, 0.3) is 0 Å². The molecule has 0 aromatic heterocycles. The third kappa shape index (κ3) is 2.33. The van der Waals surface area contributed by atoms with Gasteiger partial charge in [-0.15, -0.1) is 0 Å². The van der Waals surface area contributed by atoms with Crippen molar-refractivity contribution >= 4 is 5.91 Å². The Labute approximate surface area is 92.0 Å². The molecular formula is C12H22N2O. The second-order valence-electron chi connectivity index (χ2n) is 5.17. The van der Waals surface area contributed by atoms with E-state index in [2.05, 4.69) is 11.8 Å². The highest BCUT2D eigenvalue weighted by Crippen LogP contribution is 2.30. The molecule has 15 heavy (non-hydrogen) atoms. The van der Waals surface area contributed by atoms with E-state index in [9.17, 15) is 4.79 Å². The average molecular weight is 210 g/mol.